The second-order valence-corrected chi connectivity index (χ2v) is 4.76. The third-order valence-electron chi connectivity index (χ3n) is 2.76. The number of halogens is 1. The van der Waals surface area contributed by atoms with E-state index in [1.165, 1.54) is 0 Å². The topological polar surface area (TPSA) is 57.0 Å². The first-order valence-corrected chi connectivity index (χ1v) is 5.92. The molecule has 0 unspecified atom stereocenters. The van der Waals surface area contributed by atoms with Crippen molar-refractivity contribution in [1.29, 1.82) is 0 Å². The fraction of sp³-hybridized carbons (Fsp3) is 0.0833. The van der Waals surface area contributed by atoms with Gasteiger partial charge in [-0.25, -0.2) is 0 Å². The summed E-state index contributed by atoms with van der Waals surface area (Å²) in [6.45, 7) is 0. The molecule has 0 spiro atoms. The molecule has 86 valence electrons. The molecule has 0 atom stereocenters. The number of aromatic nitrogens is 2. The van der Waals surface area contributed by atoms with Gasteiger partial charge in [0.05, 0.1) is 0 Å². The van der Waals surface area contributed by atoms with E-state index in [0.717, 1.165) is 20.9 Å². The Kier molecular flexibility index (Phi) is 2.22. The summed E-state index contributed by atoms with van der Waals surface area (Å²) in [6.07, 6.45) is 2.02. The minimum atomic E-state index is 0.393. The molecule has 2 N–H and O–H groups in total. The second-order valence-electron chi connectivity index (χ2n) is 3.90. The van der Waals surface area contributed by atoms with Gasteiger partial charge in [0, 0.05) is 40.2 Å². The van der Waals surface area contributed by atoms with E-state index in [0.29, 0.717) is 11.6 Å². The predicted octanol–water partition coefficient (Wildman–Crippen LogP) is 3.18. The van der Waals surface area contributed by atoms with Gasteiger partial charge in [0.1, 0.15) is 0 Å². The van der Waals surface area contributed by atoms with Crippen molar-refractivity contribution in [1.82, 2.24) is 9.72 Å². The molecule has 0 radical (unpaired) electrons. The van der Waals surface area contributed by atoms with E-state index in [-0.39, 0.29) is 0 Å². The van der Waals surface area contributed by atoms with Gasteiger partial charge in [-0.1, -0.05) is 17.3 Å². The van der Waals surface area contributed by atoms with Crippen molar-refractivity contribution in [2.24, 2.45) is 7.05 Å². The van der Waals surface area contributed by atoms with Crippen molar-refractivity contribution >= 4 is 32.7 Å². The Balaban J connectivity index is 2.37. The molecule has 3 rings (SSSR count). The molecule has 0 amide bonds. The van der Waals surface area contributed by atoms with Gasteiger partial charge in [-0.15, -0.1) is 0 Å². The van der Waals surface area contributed by atoms with Crippen molar-refractivity contribution in [3.8, 4) is 11.3 Å². The van der Waals surface area contributed by atoms with Crippen molar-refractivity contribution in [3.63, 3.8) is 0 Å². The molecule has 0 aliphatic heterocycles. The first-order chi connectivity index (χ1) is 8.16. The maximum Gasteiger partial charge on any atom is 0.169 e. The van der Waals surface area contributed by atoms with Crippen LogP contribution in [0.1, 0.15) is 0 Å². The summed E-state index contributed by atoms with van der Waals surface area (Å²) >= 11 is 3.56. The number of rotatable bonds is 1. The first-order valence-electron chi connectivity index (χ1n) is 5.13. The van der Waals surface area contributed by atoms with E-state index < -0.39 is 0 Å². The number of aryl methyl sites for hydroxylation is 1. The van der Waals surface area contributed by atoms with E-state index in [9.17, 15) is 0 Å². The van der Waals surface area contributed by atoms with E-state index in [4.69, 9.17) is 10.3 Å². The number of benzene rings is 1. The van der Waals surface area contributed by atoms with Crippen LogP contribution >= 0.6 is 15.9 Å². The molecule has 0 aliphatic carbocycles. The summed E-state index contributed by atoms with van der Waals surface area (Å²) < 4.78 is 8.30. The summed E-state index contributed by atoms with van der Waals surface area (Å²) in [7, 11) is 2.01. The molecule has 5 heteroatoms. The molecule has 17 heavy (non-hydrogen) atoms. The summed E-state index contributed by atoms with van der Waals surface area (Å²) in [5.74, 6) is 1.07. The number of hydrogen-bond acceptors (Lipinski definition) is 3. The molecule has 1 aromatic carbocycles. The molecule has 0 saturated heterocycles. The molecular weight excluding hydrogens is 282 g/mol. The summed E-state index contributed by atoms with van der Waals surface area (Å²) in [4.78, 5) is 0. The Hall–Kier alpha value is -1.75. The Morgan fingerprint density at radius 1 is 1.41 bits per heavy atom. The SMILES string of the molecule is Cn1cc(Br)c2c(-c3cc(N)no3)cccc21. The van der Waals surface area contributed by atoms with Gasteiger partial charge in [0.25, 0.3) is 0 Å². The van der Waals surface area contributed by atoms with Crippen molar-refractivity contribution in [2.45, 2.75) is 0 Å². The highest BCUT2D eigenvalue weighted by molar-refractivity contribution is 9.10. The zero-order valence-electron chi connectivity index (χ0n) is 9.14. The fourth-order valence-electron chi connectivity index (χ4n) is 2.01. The van der Waals surface area contributed by atoms with Gasteiger partial charge in [0.2, 0.25) is 0 Å². The number of fused-ring (bicyclic) bond motifs is 1. The van der Waals surface area contributed by atoms with Gasteiger partial charge in [-0.3, -0.25) is 0 Å². The maximum atomic E-state index is 5.58. The molecule has 0 aliphatic rings. The Morgan fingerprint density at radius 3 is 2.94 bits per heavy atom. The van der Waals surface area contributed by atoms with Crippen LogP contribution in [-0.2, 0) is 7.05 Å². The summed E-state index contributed by atoms with van der Waals surface area (Å²) in [5.41, 5.74) is 7.70. The Labute approximate surface area is 106 Å². The van der Waals surface area contributed by atoms with Crippen molar-refractivity contribution < 1.29 is 4.52 Å². The monoisotopic (exact) mass is 291 g/mol. The Bertz CT molecular complexity index is 699. The third kappa shape index (κ3) is 1.54. The van der Waals surface area contributed by atoms with Crippen LogP contribution in [0.2, 0.25) is 0 Å². The largest absolute Gasteiger partial charge is 0.381 e. The lowest BCUT2D eigenvalue weighted by molar-refractivity contribution is 0.436. The fourth-order valence-corrected chi connectivity index (χ4v) is 2.73. The number of hydrogen-bond donors (Lipinski definition) is 1. The van der Waals surface area contributed by atoms with Crippen LogP contribution in [0.3, 0.4) is 0 Å². The van der Waals surface area contributed by atoms with Crippen LogP contribution in [0.5, 0.6) is 0 Å². The molecule has 0 fully saturated rings. The summed E-state index contributed by atoms with van der Waals surface area (Å²) in [6, 6.07) is 7.77. The van der Waals surface area contributed by atoms with E-state index in [1.807, 2.05) is 25.4 Å². The van der Waals surface area contributed by atoms with Crippen LogP contribution in [0.15, 0.2) is 39.5 Å². The molecule has 2 heterocycles. The maximum absolute atomic E-state index is 5.58. The average Bonchev–Trinajstić information content (AvgIpc) is 2.85. The lowest BCUT2D eigenvalue weighted by atomic mass is 10.1. The highest BCUT2D eigenvalue weighted by Crippen LogP contribution is 2.35. The molecule has 0 saturated carbocycles. The minimum Gasteiger partial charge on any atom is -0.381 e. The van der Waals surface area contributed by atoms with Crippen LogP contribution in [0.4, 0.5) is 5.82 Å². The highest BCUT2D eigenvalue weighted by atomic mass is 79.9. The quantitative estimate of drug-likeness (QED) is 0.749. The van der Waals surface area contributed by atoms with Gasteiger partial charge < -0.3 is 14.8 Å². The number of anilines is 1. The van der Waals surface area contributed by atoms with Crippen LogP contribution in [0, 0.1) is 0 Å². The molecule has 4 nitrogen and oxygen atoms in total. The van der Waals surface area contributed by atoms with E-state index >= 15 is 0 Å². The van der Waals surface area contributed by atoms with Crippen LogP contribution in [0.25, 0.3) is 22.2 Å². The lowest BCUT2D eigenvalue weighted by Crippen LogP contribution is -1.84. The van der Waals surface area contributed by atoms with Gasteiger partial charge in [0.15, 0.2) is 11.6 Å². The van der Waals surface area contributed by atoms with E-state index in [1.54, 1.807) is 6.07 Å². The normalized spacial score (nSPS) is 11.2. The first kappa shape index (κ1) is 10.4. The lowest BCUT2D eigenvalue weighted by Gasteiger charge is -2.00. The molecular formula is C12H10BrN3O. The second kappa shape index (κ2) is 3.63. The zero-order valence-corrected chi connectivity index (χ0v) is 10.7. The highest BCUT2D eigenvalue weighted by Gasteiger charge is 2.13. The number of nitrogens with zero attached hydrogens (tertiary/aromatic N) is 2. The number of nitrogen functional groups attached to an aromatic ring is 1. The zero-order chi connectivity index (χ0) is 12.0. The molecule has 3 aromatic rings. The molecule has 0 bridgehead atoms. The van der Waals surface area contributed by atoms with Gasteiger partial charge in [-0.2, -0.15) is 0 Å². The summed E-state index contributed by atoms with van der Waals surface area (Å²) in [5, 5.41) is 4.82. The van der Waals surface area contributed by atoms with Gasteiger partial charge in [-0.05, 0) is 22.0 Å². The minimum absolute atomic E-state index is 0.393. The standard InChI is InChI=1S/C12H10BrN3O/c1-16-6-8(13)12-7(3-2-4-9(12)16)10-5-11(14)15-17-10/h2-6H,1H3,(H2,14,15). The number of nitrogens with two attached hydrogens (primary N) is 1. The van der Waals surface area contributed by atoms with E-state index in [2.05, 4.69) is 31.7 Å². The Morgan fingerprint density at radius 2 is 2.24 bits per heavy atom. The predicted molar refractivity (Wildman–Crippen MR) is 70.5 cm³/mol. The smallest absolute Gasteiger partial charge is 0.169 e. The van der Waals surface area contributed by atoms with Crippen LogP contribution < -0.4 is 5.73 Å². The van der Waals surface area contributed by atoms with Crippen molar-refractivity contribution in [3.05, 3.63) is 34.9 Å². The van der Waals surface area contributed by atoms with Crippen LogP contribution in [-0.4, -0.2) is 9.72 Å². The van der Waals surface area contributed by atoms with Gasteiger partial charge >= 0.3 is 0 Å². The molecule has 2 aromatic heterocycles. The van der Waals surface area contributed by atoms with Crippen molar-refractivity contribution in [2.75, 3.05) is 5.73 Å². The third-order valence-corrected chi connectivity index (χ3v) is 3.36. The average molecular weight is 292 g/mol.